The Kier molecular flexibility index (Phi) is 3.14. The molecule has 0 spiro atoms. The van der Waals surface area contributed by atoms with E-state index in [1.54, 1.807) is 12.1 Å². The fraction of sp³-hybridized carbons (Fsp3) is 0.111. The van der Waals surface area contributed by atoms with Crippen molar-refractivity contribution in [2.24, 2.45) is 0 Å². The Morgan fingerprint density at radius 2 is 2.00 bits per heavy atom. The molecule has 0 atom stereocenters. The van der Waals surface area contributed by atoms with Gasteiger partial charge in [0.25, 0.3) is 0 Å². The highest BCUT2D eigenvalue weighted by molar-refractivity contribution is 7.98. The van der Waals surface area contributed by atoms with Gasteiger partial charge in [-0.2, -0.15) is 9.90 Å². The maximum atomic E-state index is 12.9. The van der Waals surface area contributed by atoms with E-state index in [2.05, 4.69) is 36.1 Å². The van der Waals surface area contributed by atoms with E-state index >= 15 is 0 Å². The molecule has 0 saturated heterocycles. The van der Waals surface area contributed by atoms with Crippen LogP contribution in [0.1, 0.15) is 5.82 Å². The van der Waals surface area contributed by atoms with Crippen molar-refractivity contribution in [1.29, 1.82) is 0 Å². The van der Waals surface area contributed by atoms with Gasteiger partial charge in [0.15, 0.2) is 0 Å². The van der Waals surface area contributed by atoms with Gasteiger partial charge in [0.1, 0.15) is 5.82 Å². The molecule has 96 valence electrons. The summed E-state index contributed by atoms with van der Waals surface area (Å²) in [4.78, 5) is 0. The predicted molar refractivity (Wildman–Crippen MR) is 61.8 cm³/mol. The summed E-state index contributed by atoms with van der Waals surface area (Å²) < 4.78 is 14.4. The van der Waals surface area contributed by atoms with Crippen molar-refractivity contribution in [2.75, 3.05) is 0 Å². The van der Waals surface area contributed by atoms with Gasteiger partial charge in [0, 0.05) is 11.6 Å². The molecular formula is C9H6FN8S-. The van der Waals surface area contributed by atoms with Crippen molar-refractivity contribution in [3.05, 3.63) is 35.9 Å². The van der Waals surface area contributed by atoms with Crippen molar-refractivity contribution < 1.29 is 4.39 Å². The first-order valence-electron chi connectivity index (χ1n) is 5.17. The fourth-order valence-corrected chi connectivity index (χ4v) is 2.10. The van der Waals surface area contributed by atoms with Crippen LogP contribution in [-0.4, -0.2) is 35.7 Å². The Balaban J connectivity index is 1.80. The standard InChI is InChI=1S/C9H6FN8S/c10-6-1-3-7(4-2-6)18-9(13-16-17-18)19-5-8-11-14-15-12-8/h1-4H,5H2/q-1. The monoisotopic (exact) mass is 277 g/mol. The lowest BCUT2D eigenvalue weighted by Gasteiger charge is -2.03. The van der Waals surface area contributed by atoms with Crippen LogP contribution in [0.25, 0.3) is 5.69 Å². The van der Waals surface area contributed by atoms with Crippen LogP contribution in [0.3, 0.4) is 0 Å². The van der Waals surface area contributed by atoms with Crippen molar-refractivity contribution in [3.8, 4) is 5.69 Å². The molecule has 3 rings (SSSR count). The second-order valence-electron chi connectivity index (χ2n) is 3.43. The van der Waals surface area contributed by atoms with Crippen molar-refractivity contribution >= 4 is 11.8 Å². The topological polar surface area (TPSA) is 96.4 Å². The minimum absolute atomic E-state index is 0.312. The lowest BCUT2D eigenvalue weighted by Crippen LogP contribution is -1.99. The molecule has 1 aromatic carbocycles. The third-order valence-corrected chi connectivity index (χ3v) is 3.12. The number of nitrogens with zero attached hydrogens (tertiary/aromatic N) is 8. The Bertz CT molecular complexity index is 649. The minimum atomic E-state index is -0.312. The summed E-state index contributed by atoms with van der Waals surface area (Å²) in [6.07, 6.45) is 0. The van der Waals surface area contributed by atoms with Gasteiger partial charge < -0.3 is 5.10 Å². The van der Waals surface area contributed by atoms with E-state index in [1.807, 2.05) is 0 Å². The molecule has 0 aliphatic heterocycles. The maximum Gasteiger partial charge on any atom is 0.214 e. The van der Waals surface area contributed by atoms with Gasteiger partial charge in [0.2, 0.25) is 5.16 Å². The first kappa shape index (κ1) is 11.7. The quantitative estimate of drug-likeness (QED) is 0.625. The summed E-state index contributed by atoms with van der Waals surface area (Å²) in [5.74, 6) is 0.640. The number of halogens is 1. The smallest absolute Gasteiger partial charge is 0.214 e. The average molecular weight is 277 g/mol. The number of hydrogen-bond donors (Lipinski definition) is 0. The molecule has 2 heterocycles. The molecule has 0 saturated carbocycles. The molecule has 0 bridgehead atoms. The molecular weight excluding hydrogens is 271 g/mol. The summed E-state index contributed by atoms with van der Waals surface area (Å²) in [5.41, 5.74) is 0.675. The lowest BCUT2D eigenvalue weighted by molar-refractivity contribution is 0.626. The molecule has 0 unspecified atom stereocenters. The molecule has 0 aliphatic rings. The van der Waals surface area contributed by atoms with Crippen LogP contribution in [0.15, 0.2) is 29.4 Å². The number of benzene rings is 1. The Hall–Kier alpha value is -2.36. The van der Waals surface area contributed by atoms with E-state index < -0.39 is 0 Å². The highest BCUT2D eigenvalue weighted by Gasteiger charge is 2.09. The van der Waals surface area contributed by atoms with E-state index in [-0.39, 0.29) is 5.82 Å². The number of aromatic nitrogens is 8. The largest absolute Gasteiger partial charge is 0.335 e. The SMILES string of the molecule is Fc1ccc(-n2nnnc2SCc2nnn[n-]2)cc1. The molecule has 0 fully saturated rings. The molecule has 8 nitrogen and oxygen atoms in total. The van der Waals surface area contributed by atoms with Crippen LogP contribution in [0.5, 0.6) is 0 Å². The number of thioether (sulfide) groups is 1. The van der Waals surface area contributed by atoms with Gasteiger partial charge in [-0.25, -0.2) is 4.39 Å². The minimum Gasteiger partial charge on any atom is -0.335 e. The normalized spacial score (nSPS) is 10.8. The van der Waals surface area contributed by atoms with Gasteiger partial charge >= 0.3 is 0 Å². The van der Waals surface area contributed by atoms with Crippen LogP contribution in [-0.2, 0) is 5.75 Å². The highest BCUT2D eigenvalue weighted by atomic mass is 32.2. The second kappa shape index (κ2) is 5.10. The van der Waals surface area contributed by atoms with Gasteiger partial charge in [-0.15, -0.1) is 5.10 Å². The fourth-order valence-electron chi connectivity index (χ4n) is 1.36. The molecule has 0 N–H and O–H groups in total. The molecule has 0 amide bonds. The number of hydrogen-bond acceptors (Lipinski definition) is 7. The van der Waals surface area contributed by atoms with Gasteiger partial charge in [-0.3, -0.25) is 10.3 Å². The molecule has 10 heteroatoms. The van der Waals surface area contributed by atoms with Crippen molar-refractivity contribution in [3.63, 3.8) is 0 Å². The summed E-state index contributed by atoms with van der Waals surface area (Å²) in [5, 5.41) is 26.1. The van der Waals surface area contributed by atoms with E-state index in [4.69, 9.17) is 0 Å². The third kappa shape index (κ3) is 2.57. The molecule has 0 aliphatic carbocycles. The average Bonchev–Trinajstić information content (AvgIpc) is 3.08. The van der Waals surface area contributed by atoms with Crippen LogP contribution in [0.2, 0.25) is 0 Å². The molecule has 3 aromatic rings. The van der Waals surface area contributed by atoms with E-state index in [1.165, 1.54) is 28.6 Å². The Labute approximate surface area is 110 Å². The van der Waals surface area contributed by atoms with Crippen LogP contribution < -0.4 is 5.10 Å². The first-order chi connectivity index (χ1) is 9.33. The zero-order valence-electron chi connectivity index (χ0n) is 9.38. The van der Waals surface area contributed by atoms with Crippen LogP contribution in [0, 0.1) is 5.82 Å². The number of rotatable bonds is 4. The Morgan fingerprint density at radius 1 is 1.16 bits per heavy atom. The van der Waals surface area contributed by atoms with E-state index in [0.717, 1.165) is 0 Å². The van der Waals surface area contributed by atoms with Gasteiger partial charge in [-0.05, 0) is 34.7 Å². The molecule has 2 aromatic heterocycles. The van der Waals surface area contributed by atoms with Crippen LogP contribution in [0.4, 0.5) is 4.39 Å². The summed E-state index contributed by atoms with van der Waals surface area (Å²) in [6, 6.07) is 5.88. The number of tetrazole rings is 2. The summed E-state index contributed by atoms with van der Waals surface area (Å²) in [6.45, 7) is 0. The van der Waals surface area contributed by atoms with E-state index in [0.29, 0.717) is 22.4 Å². The first-order valence-corrected chi connectivity index (χ1v) is 6.16. The molecule has 0 radical (unpaired) electrons. The van der Waals surface area contributed by atoms with Crippen molar-refractivity contribution in [1.82, 2.24) is 40.8 Å². The third-order valence-electron chi connectivity index (χ3n) is 2.20. The second-order valence-corrected chi connectivity index (χ2v) is 4.38. The van der Waals surface area contributed by atoms with Gasteiger partial charge in [0.05, 0.1) is 5.69 Å². The van der Waals surface area contributed by atoms with Crippen molar-refractivity contribution in [2.45, 2.75) is 10.9 Å². The Morgan fingerprint density at radius 3 is 2.74 bits per heavy atom. The molecule has 19 heavy (non-hydrogen) atoms. The highest BCUT2D eigenvalue weighted by Crippen LogP contribution is 2.20. The maximum absolute atomic E-state index is 12.9. The summed E-state index contributed by atoms with van der Waals surface area (Å²) in [7, 11) is 0. The van der Waals surface area contributed by atoms with Crippen LogP contribution >= 0.6 is 11.8 Å². The predicted octanol–water partition coefficient (Wildman–Crippen LogP) is 0.236. The zero-order valence-corrected chi connectivity index (χ0v) is 10.2. The summed E-state index contributed by atoms with van der Waals surface area (Å²) >= 11 is 1.34. The van der Waals surface area contributed by atoms with E-state index in [9.17, 15) is 4.39 Å². The zero-order chi connectivity index (χ0) is 13.1. The van der Waals surface area contributed by atoms with Gasteiger partial charge in [-0.1, -0.05) is 11.8 Å². The lowest BCUT2D eigenvalue weighted by atomic mass is 10.3.